The van der Waals surface area contributed by atoms with Crippen LogP contribution in [0, 0.1) is 0 Å². The highest BCUT2D eigenvalue weighted by Crippen LogP contribution is 2.20. The summed E-state index contributed by atoms with van der Waals surface area (Å²) in [6.45, 7) is 2.72. The molecule has 0 aliphatic rings. The summed E-state index contributed by atoms with van der Waals surface area (Å²) in [7, 11) is 0. The second kappa shape index (κ2) is 7.14. The highest BCUT2D eigenvalue weighted by molar-refractivity contribution is 6.31. The van der Waals surface area contributed by atoms with Crippen LogP contribution in [0.1, 0.15) is 18.9 Å². The van der Waals surface area contributed by atoms with Gasteiger partial charge in [0, 0.05) is 22.9 Å². The molecular formula is C17H19ClN2O. The van der Waals surface area contributed by atoms with E-state index >= 15 is 0 Å². The molecule has 0 spiro atoms. The summed E-state index contributed by atoms with van der Waals surface area (Å²) in [5.74, 6) is 0.0368. The maximum absolute atomic E-state index is 12.6. The van der Waals surface area contributed by atoms with Gasteiger partial charge in [-0.2, -0.15) is 0 Å². The van der Waals surface area contributed by atoms with E-state index in [1.807, 2.05) is 37.3 Å². The van der Waals surface area contributed by atoms with Crippen molar-refractivity contribution in [2.75, 3.05) is 17.2 Å². The number of carbonyl (C=O) groups excluding carboxylic acids is 1. The molecule has 0 aromatic heterocycles. The van der Waals surface area contributed by atoms with Crippen LogP contribution in [0.15, 0.2) is 48.5 Å². The van der Waals surface area contributed by atoms with Gasteiger partial charge in [0.1, 0.15) is 0 Å². The Morgan fingerprint density at radius 3 is 2.43 bits per heavy atom. The van der Waals surface area contributed by atoms with Crippen LogP contribution in [0.3, 0.4) is 0 Å². The first-order chi connectivity index (χ1) is 10.1. The van der Waals surface area contributed by atoms with E-state index in [-0.39, 0.29) is 5.91 Å². The number of nitrogens with two attached hydrogens (primary N) is 1. The monoisotopic (exact) mass is 302 g/mol. The number of benzene rings is 2. The molecule has 0 unspecified atom stereocenters. The van der Waals surface area contributed by atoms with Gasteiger partial charge in [0.25, 0.3) is 0 Å². The zero-order valence-corrected chi connectivity index (χ0v) is 12.8. The first kappa shape index (κ1) is 15.4. The first-order valence-electron chi connectivity index (χ1n) is 7.01. The van der Waals surface area contributed by atoms with Crippen LogP contribution in [0.25, 0.3) is 0 Å². The van der Waals surface area contributed by atoms with Crippen LogP contribution < -0.4 is 10.6 Å². The second-order valence-electron chi connectivity index (χ2n) is 4.91. The average molecular weight is 303 g/mol. The molecule has 4 heteroatoms. The summed E-state index contributed by atoms with van der Waals surface area (Å²) in [5.41, 5.74) is 8.10. The number of nitrogen functional groups attached to an aromatic ring is 1. The lowest BCUT2D eigenvalue weighted by Crippen LogP contribution is -2.33. The van der Waals surface area contributed by atoms with E-state index in [4.69, 9.17) is 17.3 Å². The van der Waals surface area contributed by atoms with Crippen LogP contribution in [0.5, 0.6) is 0 Å². The lowest BCUT2D eigenvalue weighted by atomic mass is 10.1. The van der Waals surface area contributed by atoms with E-state index in [0.29, 0.717) is 23.7 Å². The third kappa shape index (κ3) is 3.99. The molecule has 2 N–H and O–H groups in total. The lowest BCUT2D eigenvalue weighted by molar-refractivity contribution is -0.118. The maximum atomic E-state index is 12.6. The van der Waals surface area contributed by atoms with Crippen LogP contribution in [-0.2, 0) is 11.2 Å². The molecule has 0 saturated heterocycles. The van der Waals surface area contributed by atoms with Gasteiger partial charge in [-0.1, -0.05) is 36.7 Å². The quantitative estimate of drug-likeness (QED) is 0.851. The molecule has 2 aromatic carbocycles. The highest BCUT2D eigenvalue weighted by atomic mass is 35.5. The van der Waals surface area contributed by atoms with Crippen molar-refractivity contribution < 1.29 is 4.79 Å². The molecule has 0 heterocycles. The summed E-state index contributed by atoms with van der Waals surface area (Å²) in [4.78, 5) is 14.4. The fourth-order valence-corrected chi connectivity index (χ4v) is 2.38. The maximum Gasteiger partial charge on any atom is 0.231 e. The van der Waals surface area contributed by atoms with Crippen molar-refractivity contribution in [1.82, 2.24) is 0 Å². The third-order valence-electron chi connectivity index (χ3n) is 3.25. The third-order valence-corrected chi connectivity index (χ3v) is 3.62. The highest BCUT2D eigenvalue weighted by Gasteiger charge is 2.16. The average Bonchev–Trinajstić information content (AvgIpc) is 2.48. The van der Waals surface area contributed by atoms with Gasteiger partial charge in [0.05, 0.1) is 6.42 Å². The molecular weight excluding hydrogens is 284 g/mol. The van der Waals surface area contributed by atoms with Gasteiger partial charge in [-0.3, -0.25) is 4.79 Å². The molecule has 0 aliphatic heterocycles. The first-order valence-corrected chi connectivity index (χ1v) is 7.39. The van der Waals surface area contributed by atoms with Gasteiger partial charge in [-0.15, -0.1) is 0 Å². The predicted octanol–water partition coefficient (Wildman–Crippen LogP) is 3.91. The Hall–Kier alpha value is -2.00. The van der Waals surface area contributed by atoms with Gasteiger partial charge in [0.15, 0.2) is 0 Å². The zero-order chi connectivity index (χ0) is 15.2. The Balaban J connectivity index is 2.20. The Bertz CT molecular complexity index is 610. The number of amides is 1. The Labute approximate surface area is 130 Å². The minimum atomic E-state index is 0.0368. The molecule has 0 aliphatic carbocycles. The van der Waals surface area contributed by atoms with Crippen molar-refractivity contribution >= 4 is 28.9 Å². The number of hydrogen-bond acceptors (Lipinski definition) is 2. The zero-order valence-electron chi connectivity index (χ0n) is 12.1. The molecule has 0 saturated carbocycles. The molecule has 2 aromatic rings. The minimum absolute atomic E-state index is 0.0368. The van der Waals surface area contributed by atoms with Gasteiger partial charge in [-0.25, -0.2) is 0 Å². The summed E-state index contributed by atoms with van der Waals surface area (Å²) in [6.07, 6.45) is 1.18. The molecule has 2 rings (SSSR count). The number of carbonyl (C=O) groups is 1. The Morgan fingerprint density at radius 2 is 1.81 bits per heavy atom. The van der Waals surface area contributed by atoms with Crippen LogP contribution in [0.2, 0.25) is 5.02 Å². The van der Waals surface area contributed by atoms with Crippen molar-refractivity contribution in [3.05, 3.63) is 59.1 Å². The fourth-order valence-electron chi connectivity index (χ4n) is 2.18. The van der Waals surface area contributed by atoms with Gasteiger partial charge < -0.3 is 10.6 Å². The van der Waals surface area contributed by atoms with E-state index < -0.39 is 0 Å². The van der Waals surface area contributed by atoms with Crippen molar-refractivity contribution in [2.45, 2.75) is 19.8 Å². The fraction of sp³-hybridized carbons (Fsp3) is 0.235. The standard InChI is InChI=1S/C17H19ClN2O/c1-2-11-20(15-9-7-14(19)8-10-15)17(21)12-13-5-3-4-6-16(13)18/h3-10H,2,11-12,19H2,1H3. The number of anilines is 2. The largest absolute Gasteiger partial charge is 0.399 e. The summed E-state index contributed by atoms with van der Waals surface area (Å²) < 4.78 is 0. The smallest absolute Gasteiger partial charge is 0.231 e. The van der Waals surface area contributed by atoms with Gasteiger partial charge in [0.2, 0.25) is 5.91 Å². The molecule has 110 valence electrons. The van der Waals surface area contributed by atoms with Gasteiger partial charge >= 0.3 is 0 Å². The normalized spacial score (nSPS) is 10.4. The molecule has 0 radical (unpaired) electrons. The number of halogens is 1. The second-order valence-corrected chi connectivity index (χ2v) is 5.31. The Kier molecular flexibility index (Phi) is 5.23. The summed E-state index contributed by atoms with van der Waals surface area (Å²) in [5, 5.41) is 0.625. The molecule has 0 bridgehead atoms. The van der Waals surface area contributed by atoms with Crippen LogP contribution in [-0.4, -0.2) is 12.5 Å². The predicted molar refractivity (Wildman–Crippen MR) is 88.7 cm³/mol. The van der Waals surface area contributed by atoms with Crippen molar-refractivity contribution in [3.63, 3.8) is 0 Å². The molecule has 0 atom stereocenters. The minimum Gasteiger partial charge on any atom is -0.399 e. The van der Waals surface area contributed by atoms with E-state index in [1.165, 1.54) is 0 Å². The number of rotatable bonds is 5. The van der Waals surface area contributed by atoms with Crippen molar-refractivity contribution in [1.29, 1.82) is 0 Å². The van der Waals surface area contributed by atoms with Crippen molar-refractivity contribution in [3.8, 4) is 0 Å². The van der Waals surface area contributed by atoms with Crippen LogP contribution in [0.4, 0.5) is 11.4 Å². The van der Waals surface area contributed by atoms with E-state index in [2.05, 4.69) is 0 Å². The SMILES string of the molecule is CCCN(C(=O)Cc1ccccc1Cl)c1ccc(N)cc1. The number of nitrogens with zero attached hydrogens (tertiary/aromatic N) is 1. The van der Waals surface area contributed by atoms with E-state index in [1.54, 1.807) is 23.1 Å². The topological polar surface area (TPSA) is 46.3 Å². The lowest BCUT2D eigenvalue weighted by Gasteiger charge is -2.22. The molecule has 1 amide bonds. The Morgan fingerprint density at radius 1 is 1.14 bits per heavy atom. The van der Waals surface area contributed by atoms with Crippen molar-refractivity contribution in [2.24, 2.45) is 0 Å². The summed E-state index contributed by atoms with van der Waals surface area (Å²) >= 11 is 6.13. The molecule has 21 heavy (non-hydrogen) atoms. The van der Waals surface area contributed by atoms with E-state index in [9.17, 15) is 4.79 Å². The molecule has 3 nitrogen and oxygen atoms in total. The van der Waals surface area contributed by atoms with Crippen LogP contribution >= 0.6 is 11.6 Å². The number of hydrogen-bond donors (Lipinski definition) is 1. The summed E-state index contributed by atoms with van der Waals surface area (Å²) in [6, 6.07) is 14.8. The van der Waals surface area contributed by atoms with Gasteiger partial charge in [-0.05, 0) is 42.3 Å². The molecule has 0 fully saturated rings. The van der Waals surface area contributed by atoms with E-state index in [0.717, 1.165) is 17.7 Å².